The minimum absolute atomic E-state index is 0.212. The molecule has 0 heterocycles. The van der Waals surface area contributed by atoms with Crippen LogP contribution in [0.25, 0.3) is 0 Å². The molecule has 0 atom stereocenters. The number of carbonyl (C=O) groups excluding carboxylic acids is 1. The van der Waals surface area contributed by atoms with Gasteiger partial charge in [0.1, 0.15) is 5.78 Å². The molecule has 2 heteroatoms. The zero-order valence-electron chi connectivity index (χ0n) is 9.98. The highest BCUT2D eigenvalue weighted by Gasteiger charge is 2.56. The summed E-state index contributed by atoms with van der Waals surface area (Å²) in [5, 5.41) is 10.1. The maximum Gasteiger partial charge on any atom is 0.147 e. The minimum atomic E-state index is -0.879. The molecule has 0 aliphatic heterocycles. The van der Waals surface area contributed by atoms with Crippen molar-refractivity contribution in [1.29, 1.82) is 0 Å². The average Bonchev–Trinajstić information content (AvgIpc) is 1.77. The summed E-state index contributed by atoms with van der Waals surface area (Å²) in [6.45, 7) is 9.31. The van der Waals surface area contributed by atoms with Gasteiger partial charge in [-0.05, 0) is 26.7 Å². The van der Waals surface area contributed by atoms with Gasteiger partial charge >= 0.3 is 0 Å². The number of ketones is 1. The molecule has 1 N–H and O–H groups in total. The lowest BCUT2D eigenvalue weighted by atomic mass is 9.53. The Bertz CT molecular complexity index is 236. The maximum atomic E-state index is 12.3. The molecule has 0 aromatic heterocycles. The van der Waals surface area contributed by atoms with Crippen LogP contribution in [0.1, 0.15) is 53.9 Å². The summed E-state index contributed by atoms with van der Waals surface area (Å²) < 4.78 is 0. The molecule has 0 unspecified atom stereocenters. The molecule has 0 amide bonds. The van der Waals surface area contributed by atoms with Gasteiger partial charge in [0.05, 0.1) is 11.0 Å². The Labute approximate surface area is 86.7 Å². The van der Waals surface area contributed by atoms with Gasteiger partial charge in [-0.2, -0.15) is 0 Å². The topological polar surface area (TPSA) is 37.3 Å². The Balaban J connectivity index is 2.98. The van der Waals surface area contributed by atoms with Crippen molar-refractivity contribution >= 4 is 5.78 Å². The van der Waals surface area contributed by atoms with Gasteiger partial charge in [-0.3, -0.25) is 4.79 Å². The monoisotopic (exact) mass is 198 g/mol. The van der Waals surface area contributed by atoms with Crippen molar-refractivity contribution in [2.45, 2.75) is 59.5 Å². The summed E-state index contributed by atoms with van der Waals surface area (Å²) in [7, 11) is 0. The second-order valence-electron chi connectivity index (χ2n) is 6.07. The third-order valence-electron chi connectivity index (χ3n) is 3.49. The number of aliphatic hydroxyl groups is 1. The van der Waals surface area contributed by atoms with Crippen LogP contribution in [0.3, 0.4) is 0 Å². The maximum absolute atomic E-state index is 12.3. The fourth-order valence-electron chi connectivity index (χ4n) is 2.36. The smallest absolute Gasteiger partial charge is 0.147 e. The first-order valence-corrected chi connectivity index (χ1v) is 5.38. The van der Waals surface area contributed by atoms with Crippen LogP contribution in [0, 0.1) is 10.8 Å². The Morgan fingerprint density at radius 2 is 1.57 bits per heavy atom. The third-order valence-corrected chi connectivity index (χ3v) is 3.49. The Kier molecular flexibility index (Phi) is 2.56. The van der Waals surface area contributed by atoms with Crippen LogP contribution < -0.4 is 0 Å². The summed E-state index contributed by atoms with van der Waals surface area (Å²) in [4.78, 5) is 12.3. The van der Waals surface area contributed by atoms with Gasteiger partial charge in [0.15, 0.2) is 0 Å². The van der Waals surface area contributed by atoms with E-state index in [1.807, 2.05) is 20.8 Å². The van der Waals surface area contributed by atoms with E-state index in [0.29, 0.717) is 0 Å². The molecular formula is C12H22O2. The Hall–Kier alpha value is -0.370. The summed E-state index contributed by atoms with van der Waals surface area (Å²) in [6.07, 6.45) is 2.74. The fraction of sp³-hybridized carbons (Fsp3) is 0.917. The van der Waals surface area contributed by atoms with E-state index in [1.165, 1.54) is 0 Å². The SMILES string of the molecule is CC(C)(C)C(=O)C1(C(C)(C)O)CCC1. The second-order valence-corrected chi connectivity index (χ2v) is 6.07. The van der Waals surface area contributed by atoms with Crippen LogP contribution in [-0.4, -0.2) is 16.5 Å². The van der Waals surface area contributed by atoms with Crippen molar-refractivity contribution in [3.8, 4) is 0 Å². The largest absolute Gasteiger partial charge is 0.389 e. The van der Waals surface area contributed by atoms with Crippen LogP contribution in [0.15, 0.2) is 0 Å². The highest BCUT2D eigenvalue weighted by molar-refractivity contribution is 5.91. The normalized spacial score (nSPS) is 21.6. The van der Waals surface area contributed by atoms with E-state index in [0.717, 1.165) is 19.3 Å². The molecule has 1 rings (SSSR count). The molecule has 0 radical (unpaired) electrons. The Morgan fingerprint density at radius 1 is 1.14 bits per heavy atom. The van der Waals surface area contributed by atoms with Crippen molar-refractivity contribution in [2.75, 3.05) is 0 Å². The van der Waals surface area contributed by atoms with Gasteiger partial charge in [-0.15, -0.1) is 0 Å². The predicted octanol–water partition coefficient (Wildman–Crippen LogP) is 2.54. The van der Waals surface area contributed by atoms with Crippen molar-refractivity contribution in [3.05, 3.63) is 0 Å². The number of carbonyl (C=O) groups is 1. The first-order valence-electron chi connectivity index (χ1n) is 5.38. The summed E-state index contributed by atoms with van der Waals surface area (Å²) in [5.41, 5.74) is -1.71. The standard InChI is InChI=1S/C12H22O2/c1-10(2,3)9(13)12(7-6-8-12)11(4,5)14/h14H,6-8H2,1-5H3. The van der Waals surface area contributed by atoms with Crippen molar-refractivity contribution in [2.24, 2.45) is 10.8 Å². The van der Waals surface area contributed by atoms with E-state index >= 15 is 0 Å². The molecule has 14 heavy (non-hydrogen) atoms. The number of hydrogen-bond donors (Lipinski definition) is 1. The summed E-state index contributed by atoms with van der Waals surface area (Å²) >= 11 is 0. The highest BCUT2D eigenvalue weighted by Crippen LogP contribution is 2.52. The zero-order valence-corrected chi connectivity index (χ0v) is 9.98. The highest BCUT2D eigenvalue weighted by atomic mass is 16.3. The first kappa shape index (κ1) is 11.7. The number of Topliss-reactive ketones (excluding diaryl/α,β-unsaturated/α-hetero) is 1. The molecule has 0 saturated heterocycles. The lowest BCUT2D eigenvalue weighted by Crippen LogP contribution is -2.57. The van der Waals surface area contributed by atoms with Gasteiger partial charge in [-0.1, -0.05) is 27.2 Å². The molecule has 0 aromatic carbocycles. The summed E-state index contributed by atoms with van der Waals surface area (Å²) in [5.74, 6) is 0.212. The van der Waals surface area contributed by atoms with E-state index in [4.69, 9.17) is 0 Å². The lowest BCUT2D eigenvalue weighted by molar-refractivity contribution is -0.165. The third kappa shape index (κ3) is 1.60. The quantitative estimate of drug-likeness (QED) is 0.740. The molecular weight excluding hydrogens is 176 g/mol. The first-order chi connectivity index (χ1) is 6.11. The molecule has 1 aliphatic rings. The van der Waals surface area contributed by atoms with E-state index in [1.54, 1.807) is 13.8 Å². The fourth-order valence-corrected chi connectivity index (χ4v) is 2.36. The van der Waals surface area contributed by atoms with Crippen LogP contribution in [0.4, 0.5) is 0 Å². The van der Waals surface area contributed by atoms with Gasteiger partial charge in [0, 0.05) is 5.41 Å². The summed E-state index contributed by atoms with van der Waals surface area (Å²) in [6, 6.07) is 0. The van der Waals surface area contributed by atoms with Gasteiger partial charge in [-0.25, -0.2) is 0 Å². The van der Waals surface area contributed by atoms with Gasteiger partial charge in [0.2, 0.25) is 0 Å². The molecule has 1 fully saturated rings. The van der Waals surface area contributed by atoms with E-state index < -0.39 is 11.0 Å². The zero-order chi connectivity index (χ0) is 11.2. The predicted molar refractivity (Wildman–Crippen MR) is 57.0 cm³/mol. The van der Waals surface area contributed by atoms with Gasteiger partial charge in [0.25, 0.3) is 0 Å². The average molecular weight is 198 g/mol. The van der Waals surface area contributed by atoms with Crippen LogP contribution in [-0.2, 0) is 4.79 Å². The molecule has 1 saturated carbocycles. The second kappa shape index (κ2) is 3.06. The van der Waals surface area contributed by atoms with Crippen molar-refractivity contribution < 1.29 is 9.90 Å². The van der Waals surface area contributed by atoms with Crippen LogP contribution in [0.5, 0.6) is 0 Å². The number of rotatable bonds is 2. The van der Waals surface area contributed by atoms with E-state index in [-0.39, 0.29) is 11.2 Å². The molecule has 2 nitrogen and oxygen atoms in total. The molecule has 82 valence electrons. The van der Waals surface area contributed by atoms with Gasteiger partial charge < -0.3 is 5.11 Å². The number of hydrogen-bond acceptors (Lipinski definition) is 2. The molecule has 0 bridgehead atoms. The van der Waals surface area contributed by atoms with Crippen LogP contribution in [0.2, 0.25) is 0 Å². The van der Waals surface area contributed by atoms with E-state index in [2.05, 4.69) is 0 Å². The van der Waals surface area contributed by atoms with Crippen molar-refractivity contribution in [1.82, 2.24) is 0 Å². The van der Waals surface area contributed by atoms with Crippen molar-refractivity contribution in [3.63, 3.8) is 0 Å². The minimum Gasteiger partial charge on any atom is -0.389 e. The van der Waals surface area contributed by atoms with E-state index in [9.17, 15) is 9.90 Å². The van der Waals surface area contributed by atoms with Crippen LogP contribution >= 0.6 is 0 Å². The molecule has 0 spiro atoms. The Morgan fingerprint density at radius 3 is 1.64 bits per heavy atom. The lowest BCUT2D eigenvalue weighted by Gasteiger charge is -2.51. The molecule has 1 aliphatic carbocycles. The molecule has 0 aromatic rings.